The quantitative estimate of drug-likeness (QED) is 0.842. The molecule has 1 aromatic carbocycles. The Bertz CT molecular complexity index is 495. The predicted molar refractivity (Wildman–Crippen MR) is 79.7 cm³/mol. The molecule has 1 atom stereocenters. The summed E-state index contributed by atoms with van der Waals surface area (Å²) >= 11 is 0. The van der Waals surface area contributed by atoms with E-state index in [0.717, 1.165) is 26.2 Å². The zero-order chi connectivity index (χ0) is 14.5. The largest absolute Gasteiger partial charge is 0.495 e. The zero-order valence-corrected chi connectivity index (χ0v) is 12.6. The van der Waals surface area contributed by atoms with Gasteiger partial charge in [-0.1, -0.05) is 13.0 Å². The highest BCUT2D eigenvalue weighted by atomic mass is 16.5. The van der Waals surface area contributed by atoms with E-state index in [1.165, 1.54) is 12.0 Å². The number of methoxy groups -OCH3 is 1. The van der Waals surface area contributed by atoms with Crippen molar-refractivity contribution in [1.82, 2.24) is 9.80 Å². The van der Waals surface area contributed by atoms with Gasteiger partial charge >= 0.3 is 0 Å². The Morgan fingerprint density at radius 1 is 1.40 bits per heavy atom. The van der Waals surface area contributed by atoms with Crippen molar-refractivity contribution >= 4 is 0 Å². The lowest BCUT2D eigenvalue weighted by Crippen LogP contribution is -2.50. The van der Waals surface area contributed by atoms with Crippen molar-refractivity contribution in [1.29, 1.82) is 5.26 Å². The molecular weight excluding hydrogens is 250 g/mol. The molecule has 1 heterocycles. The van der Waals surface area contributed by atoms with Crippen LogP contribution in [0.2, 0.25) is 0 Å². The van der Waals surface area contributed by atoms with Crippen LogP contribution in [0.3, 0.4) is 0 Å². The van der Waals surface area contributed by atoms with Gasteiger partial charge in [0.05, 0.1) is 12.7 Å². The zero-order valence-electron chi connectivity index (χ0n) is 12.6. The van der Waals surface area contributed by atoms with Gasteiger partial charge in [-0.3, -0.25) is 4.90 Å². The minimum Gasteiger partial charge on any atom is -0.495 e. The van der Waals surface area contributed by atoms with Crippen LogP contribution < -0.4 is 4.74 Å². The average Bonchev–Trinajstić information content (AvgIpc) is 2.49. The molecule has 0 N–H and O–H groups in total. The summed E-state index contributed by atoms with van der Waals surface area (Å²) in [5.74, 6) is 0.672. The minimum atomic E-state index is 0.598. The van der Waals surface area contributed by atoms with E-state index in [2.05, 4.69) is 29.8 Å². The summed E-state index contributed by atoms with van der Waals surface area (Å²) < 4.78 is 5.28. The second-order valence-corrected chi connectivity index (χ2v) is 5.42. The monoisotopic (exact) mass is 273 g/mol. The van der Waals surface area contributed by atoms with Crippen LogP contribution in [0.15, 0.2) is 18.2 Å². The fourth-order valence-corrected chi connectivity index (χ4v) is 2.78. The van der Waals surface area contributed by atoms with E-state index in [1.807, 2.05) is 18.2 Å². The third-order valence-corrected chi connectivity index (χ3v) is 4.13. The van der Waals surface area contributed by atoms with Gasteiger partial charge in [0.15, 0.2) is 0 Å². The number of hydrogen-bond acceptors (Lipinski definition) is 4. The van der Waals surface area contributed by atoms with Gasteiger partial charge in [0.2, 0.25) is 0 Å². The van der Waals surface area contributed by atoms with E-state index in [-0.39, 0.29) is 0 Å². The fourth-order valence-electron chi connectivity index (χ4n) is 2.78. The topological polar surface area (TPSA) is 39.5 Å². The molecule has 0 radical (unpaired) electrons. The van der Waals surface area contributed by atoms with E-state index in [4.69, 9.17) is 10.00 Å². The molecule has 0 aliphatic carbocycles. The summed E-state index contributed by atoms with van der Waals surface area (Å²) in [7, 11) is 3.82. The molecule has 2 rings (SSSR count). The van der Waals surface area contributed by atoms with Crippen LogP contribution in [0.4, 0.5) is 0 Å². The minimum absolute atomic E-state index is 0.598. The summed E-state index contributed by atoms with van der Waals surface area (Å²) in [4.78, 5) is 4.92. The molecule has 108 valence electrons. The number of hydrogen-bond donors (Lipinski definition) is 0. The second kappa shape index (κ2) is 6.74. The van der Waals surface area contributed by atoms with Gasteiger partial charge in [-0.25, -0.2) is 0 Å². The molecule has 4 nitrogen and oxygen atoms in total. The molecule has 1 aromatic rings. The van der Waals surface area contributed by atoms with Crippen molar-refractivity contribution in [3.63, 3.8) is 0 Å². The van der Waals surface area contributed by atoms with Crippen molar-refractivity contribution in [3.8, 4) is 11.8 Å². The first kappa shape index (κ1) is 14.8. The van der Waals surface area contributed by atoms with Crippen LogP contribution in [-0.2, 0) is 6.54 Å². The molecule has 0 aromatic heterocycles. The highest BCUT2D eigenvalue weighted by molar-refractivity contribution is 5.45. The molecular formula is C16H23N3O. The number of rotatable bonds is 4. The Labute approximate surface area is 121 Å². The maximum atomic E-state index is 9.01. The third kappa shape index (κ3) is 3.30. The van der Waals surface area contributed by atoms with Crippen molar-refractivity contribution < 1.29 is 4.74 Å². The second-order valence-electron chi connectivity index (χ2n) is 5.42. The van der Waals surface area contributed by atoms with Crippen molar-refractivity contribution in [2.45, 2.75) is 25.9 Å². The third-order valence-electron chi connectivity index (χ3n) is 4.13. The van der Waals surface area contributed by atoms with E-state index >= 15 is 0 Å². The molecule has 4 heteroatoms. The van der Waals surface area contributed by atoms with Gasteiger partial charge in [-0.2, -0.15) is 5.26 Å². The lowest BCUT2D eigenvalue weighted by atomic mass is 10.1. The van der Waals surface area contributed by atoms with Crippen LogP contribution in [0.1, 0.15) is 24.5 Å². The van der Waals surface area contributed by atoms with E-state index < -0.39 is 0 Å². The maximum absolute atomic E-state index is 9.01. The molecule has 0 saturated carbocycles. The molecule has 1 saturated heterocycles. The van der Waals surface area contributed by atoms with Crippen LogP contribution in [0, 0.1) is 11.3 Å². The number of benzene rings is 1. The molecule has 1 aliphatic rings. The first-order chi connectivity index (χ1) is 9.67. The molecule has 1 fully saturated rings. The lowest BCUT2D eigenvalue weighted by molar-refractivity contribution is 0.0883. The standard InChI is InChI=1S/C16H23N3O/c1-4-15-12-19(8-7-18(15)2)11-13-5-6-14(10-17)16(9-13)20-3/h5-6,9,15H,4,7-8,11-12H2,1-3H3. The van der Waals surface area contributed by atoms with Gasteiger partial charge < -0.3 is 9.64 Å². The van der Waals surface area contributed by atoms with Crippen LogP contribution in [0.5, 0.6) is 5.75 Å². The summed E-state index contributed by atoms with van der Waals surface area (Å²) in [5.41, 5.74) is 1.81. The number of piperazine rings is 1. The molecule has 1 aliphatic heterocycles. The Hall–Kier alpha value is -1.57. The Morgan fingerprint density at radius 2 is 2.20 bits per heavy atom. The van der Waals surface area contributed by atoms with Crippen molar-refractivity contribution in [2.24, 2.45) is 0 Å². The van der Waals surface area contributed by atoms with Crippen LogP contribution in [0.25, 0.3) is 0 Å². The van der Waals surface area contributed by atoms with E-state index in [0.29, 0.717) is 17.4 Å². The summed E-state index contributed by atoms with van der Waals surface area (Å²) in [6.07, 6.45) is 1.18. The van der Waals surface area contributed by atoms with E-state index in [9.17, 15) is 0 Å². The Kier molecular flexibility index (Phi) is 4.99. The SMILES string of the molecule is CCC1CN(Cc2ccc(C#N)c(OC)c2)CCN1C. The number of likely N-dealkylation sites (N-methyl/N-ethyl adjacent to an activating group) is 1. The van der Waals surface area contributed by atoms with Gasteiger partial charge in [-0.05, 0) is 31.2 Å². The maximum Gasteiger partial charge on any atom is 0.136 e. The van der Waals surface area contributed by atoms with E-state index in [1.54, 1.807) is 7.11 Å². The summed E-state index contributed by atoms with van der Waals surface area (Å²) in [5, 5.41) is 9.01. The summed E-state index contributed by atoms with van der Waals surface area (Å²) in [6.45, 7) is 6.48. The van der Waals surface area contributed by atoms with Crippen molar-refractivity contribution in [3.05, 3.63) is 29.3 Å². The first-order valence-corrected chi connectivity index (χ1v) is 7.17. The number of ether oxygens (including phenoxy) is 1. The average molecular weight is 273 g/mol. The van der Waals surface area contributed by atoms with Gasteiger partial charge in [-0.15, -0.1) is 0 Å². The molecule has 0 bridgehead atoms. The normalized spacial score (nSPS) is 20.6. The molecule has 20 heavy (non-hydrogen) atoms. The smallest absolute Gasteiger partial charge is 0.136 e. The summed E-state index contributed by atoms with van der Waals surface area (Å²) in [6, 6.07) is 8.66. The van der Waals surface area contributed by atoms with Gasteiger partial charge in [0, 0.05) is 32.2 Å². The predicted octanol–water partition coefficient (Wildman–Crippen LogP) is 2.09. The number of nitrogens with zero attached hydrogens (tertiary/aromatic N) is 3. The Balaban J connectivity index is 2.05. The lowest BCUT2D eigenvalue weighted by Gasteiger charge is -2.39. The highest BCUT2D eigenvalue weighted by Gasteiger charge is 2.22. The van der Waals surface area contributed by atoms with Gasteiger partial charge in [0.25, 0.3) is 0 Å². The highest BCUT2D eigenvalue weighted by Crippen LogP contribution is 2.21. The molecule has 1 unspecified atom stereocenters. The molecule has 0 amide bonds. The van der Waals surface area contributed by atoms with Crippen LogP contribution in [-0.4, -0.2) is 49.6 Å². The Morgan fingerprint density at radius 3 is 2.85 bits per heavy atom. The fraction of sp³-hybridized carbons (Fsp3) is 0.562. The van der Waals surface area contributed by atoms with Crippen molar-refractivity contribution in [2.75, 3.05) is 33.8 Å². The van der Waals surface area contributed by atoms with Gasteiger partial charge in [0.1, 0.15) is 11.8 Å². The first-order valence-electron chi connectivity index (χ1n) is 7.17. The van der Waals surface area contributed by atoms with Crippen LogP contribution >= 0.6 is 0 Å². The number of nitriles is 1. The molecule has 0 spiro atoms.